The number of ether oxygens (including phenoxy) is 8. The minimum absolute atomic E-state index is 0.0254. The molecule has 0 saturated carbocycles. The van der Waals surface area contributed by atoms with Crippen LogP contribution in [0.2, 0.25) is 0 Å². The van der Waals surface area contributed by atoms with Crippen molar-refractivity contribution < 1.29 is 48.1 Å². The molecule has 0 unspecified atom stereocenters. The van der Waals surface area contributed by atoms with Gasteiger partial charge < -0.3 is 48.1 Å². The van der Waals surface area contributed by atoms with E-state index < -0.39 is 0 Å². The lowest BCUT2D eigenvalue weighted by atomic mass is 10.0. The Morgan fingerprint density at radius 3 is 0.949 bits per heavy atom. The molecular weight excluding hydrogens is 508 g/mol. The Balaban J connectivity index is 1.48. The molecule has 0 saturated heterocycles. The van der Waals surface area contributed by atoms with Gasteiger partial charge in [-0.2, -0.15) is 0 Å². The lowest BCUT2D eigenvalue weighted by Gasteiger charge is -2.10. The van der Waals surface area contributed by atoms with Crippen molar-refractivity contribution in [2.75, 3.05) is 106 Å². The van der Waals surface area contributed by atoms with Crippen LogP contribution in [0.4, 0.5) is 0 Å². The van der Waals surface area contributed by atoms with Crippen LogP contribution in [-0.2, 0) is 34.8 Å². The van der Waals surface area contributed by atoms with Crippen LogP contribution in [0.3, 0.4) is 0 Å². The summed E-state index contributed by atoms with van der Waals surface area (Å²) in [5.41, 5.74) is 2.39. The van der Waals surface area contributed by atoms with Gasteiger partial charge in [-0.25, -0.2) is 0 Å². The minimum Gasteiger partial charge on any atom is -0.491 e. The molecule has 2 aromatic carbocycles. The minimum atomic E-state index is 0.0254. The fraction of sp³-hybridized carbons (Fsp3) is 0.586. The van der Waals surface area contributed by atoms with Crippen molar-refractivity contribution in [2.45, 2.75) is 6.42 Å². The Bertz CT molecular complexity index is 733. The first-order chi connectivity index (χ1) is 19.3. The van der Waals surface area contributed by atoms with Gasteiger partial charge in [0.2, 0.25) is 0 Å². The number of aliphatic hydroxyl groups excluding tert-OH is 2. The van der Waals surface area contributed by atoms with Crippen LogP contribution in [0, 0.1) is 0 Å². The Morgan fingerprint density at radius 1 is 0.359 bits per heavy atom. The molecule has 0 aliphatic rings. The van der Waals surface area contributed by atoms with Gasteiger partial charge in [0.1, 0.15) is 24.7 Å². The molecule has 0 heterocycles. The second-order valence-corrected chi connectivity index (χ2v) is 8.28. The molecule has 2 aromatic rings. The molecule has 0 aromatic heterocycles. The molecule has 0 spiro atoms. The Hall–Kier alpha value is -2.28. The molecule has 0 aliphatic heterocycles. The van der Waals surface area contributed by atoms with Gasteiger partial charge in [-0.15, -0.1) is 0 Å². The first kappa shape index (κ1) is 32.9. The van der Waals surface area contributed by atoms with Crippen LogP contribution in [0.5, 0.6) is 11.5 Å². The molecule has 10 heteroatoms. The van der Waals surface area contributed by atoms with Gasteiger partial charge in [0.05, 0.1) is 92.5 Å². The van der Waals surface area contributed by atoms with Gasteiger partial charge in [-0.05, 0) is 41.8 Å². The third-order valence-corrected chi connectivity index (χ3v) is 5.21. The van der Waals surface area contributed by atoms with E-state index in [4.69, 9.17) is 48.1 Å². The molecule has 10 nitrogen and oxygen atoms in total. The Morgan fingerprint density at radius 2 is 0.641 bits per heavy atom. The number of benzene rings is 2. The smallest absolute Gasteiger partial charge is 0.119 e. The summed E-state index contributed by atoms with van der Waals surface area (Å²) in [6, 6.07) is 16.1. The molecule has 0 amide bonds. The molecule has 0 atom stereocenters. The Labute approximate surface area is 231 Å². The Kier molecular flexibility index (Phi) is 19.9. The van der Waals surface area contributed by atoms with Gasteiger partial charge in [0, 0.05) is 0 Å². The van der Waals surface area contributed by atoms with E-state index >= 15 is 0 Å². The van der Waals surface area contributed by atoms with Gasteiger partial charge in [-0.3, -0.25) is 0 Å². The molecule has 0 aliphatic carbocycles. The van der Waals surface area contributed by atoms with E-state index in [1.807, 2.05) is 24.3 Å². The number of rotatable bonds is 26. The van der Waals surface area contributed by atoms with E-state index in [1.54, 1.807) is 0 Å². The maximum atomic E-state index is 8.61. The van der Waals surface area contributed by atoms with Crippen molar-refractivity contribution in [2.24, 2.45) is 0 Å². The maximum Gasteiger partial charge on any atom is 0.119 e. The normalized spacial score (nSPS) is 11.1. The zero-order chi connectivity index (χ0) is 27.6. The number of hydrogen-bond donors (Lipinski definition) is 2. The van der Waals surface area contributed by atoms with Crippen molar-refractivity contribution in [1.82, 2.24) is 0 Å². The van der Waals surface area contributed by atoms with E-state index in [1.165, 1.54) is 11.1 Å². The lowest BCUT2D eigenvalue weighted by molar-refractivity contribution is 0.00361. The largest absolute Gasteiger partial charge is 0.491 e. The van der Waals surface area contributed by atoms with Crippen LogP contribution in [-0.4, -0.2) is 116 Å². The molecule has 220 valence electrons. The van der Waals surface area contributed by atoms with Crippen molar-refractivity contribution in [1.29, 1.82) is 0 Å². The summed E-state index contributed by atoms with van der Waals surface area (Å²) < 4.78 is 43.4. The quantitative estimate of drug-likeness (QED) is 0.168. The van der Waals surface area contributed by atoms with E-state index in [2.05, 4.69) is 24.3 Å². The van der Waals surface area contributed by atoms with Crippen LogP contribution < -0.4 is 9.47 Å². The average molecular weight is 553 g/mol. The number of aliphatic hydroxyl groups is 2. The third kappa shape index (κ3) is 17.8. The summed E-state index contributed by atoms with van der Waals surface area (Å²) in [5.74, 6) is 1.62. The molecule has 0 fully saturated rings. The highest BCUT2D eigenvalue weighted by molar-refractivity contribution is 5.34. The third-order valence-electron chi connectivity index (χ3n) is 5.21. The molecule has 0 bridgehead atoms. The van der Waals surface area contributed by atoms with Crippen LogP contribution >= 0.6 is 0 Å². The lowest BCUT2D eigenvalue weighted by Crippen LogP contribution is -2.13. The van der Waals surface area contributed by atoms with Gasteiger partial charge >= 0.3 is 0 Å². The fourth-order valence-electron chi connectivity index (χ4n) is 3.29. The summed E-state index contributed by atoms with van der Waals surface area (Å²) >= 11 is 0. The molecule has 2 rings (SSSR count). The van der Waals surface area contributed by atoms with Gasteiger partial charge in [-0.1, -0.05) is 24.3 Å². The fourth-order valence-corrected chi connectivity index (χ4v) is 3.29. The van der Waals surface area contributed by atoms with Crippen LogP contribution in [0.1, 0.15) is 11.1 Å². The zero-order valence-corrected chi connectivity index (χ0v) is 22.8. The predicted molar refractivity (Wildman–Crippen MR) is 146 cm³/mol. The second kappa shape index (κ2) is 23.6. The SMILES string of the molecule is OCCOCCOCCOCCOc1ccc(Cc2ccc(OCCOCCOCCOCCO)cc2)cc1. The average Bonchev–Trinajstić information content (AvgIpc) is 2.96. The molecule has 2 N–H and O–H groups in total. The van der Waals surface area contributed by atoms with Crippen LogP contribution in [0.15, 0.2) is 48.5 Å². The molecule has 0 radical (unpaired) electrons. The highest BCUT2D eigenvalue weighted by atomic mass is 16.6. The highest BCUT2D eigenvalue weighted by Crippen LogP contribution is 2.18. The monoisotopic (exact) mass is 552 g/mol. The van der Waals surface area contributed by atoms with Gasteiger partial charge in [0.25, 0.3) is 0 Å². The van der Waals surface area contributed by atoms with Crippen molar-refractivity contribution in [3.8, 4) is 11.5 Å². The second-order valence-electron chi connectivity index (χ2n) is 8.28. The zero-order valence-electron chi connectivity index (χ0n) is 22.8. The van der Waals surface area contributed by atoms with Crippen molar-refractivity contribution >= 4 is 0 Å². The van der Waals surface area contributed by atoms with Gasteiger partial charge in [0.15, 0.2) is 0 Å². The summed E-state index contributed by atoms with van der Waals surface area (Å²) in [6.45, 7) is 6.56. The summed E-state index contributed by atoms with van der Waals surface area (Å²) in [4.78, 5) is 0. The number of hydrogen-bond acceptors (Lipinski definition) is 10. The summed E-state index contributed by atoms with van der Waals surface area (Å²) in [5, 5.41) is 17.2. The van der Waals surface area contributed by atoms with E-state index in [9.17, 15) is 0 Å². The first-order valence-electron chi connectivity index (χ1n) is 13.4. The van der Waals surface area contributed by atoms with Crippen molar-refractivity contribution in [3.63, 3.8) is 0 Å². The maximum absolute atomic E-state index is 8.61. The standard InChI is InChI=1S/C29H44O10/c30-9-11-32-13-15-34-17-19-36-21-23-38-28-5-1-26(2-6-28)25-27-3-7-29(8-4-27)39-24-22-37-20-18-35-16-14-33-12-10-31/h1-8,30-31H,9-25H2. The van der Waals surface area contributed by atoms with E-state index in [0.29, 0.717) is 92.5 Å². The topological polar surface area (TPSA) is 114 Å². The molecule has 39 heavy (non-hydrogen) atoms. The first-order valence-corrected chi connectivity index (χ1v) is 13.4. The van der Waals surface area contributed by atoms with Crippen LogP contribution in [0.25, 0.3) is 0 Å². The summed E-state index contributed by atoms with van der Waals surface area (Å²) in [7, 11) is 0. The highest BCUT2D eigenvalue weighted by Gasteiger charge is 2.01. The summed E-state index contributed by atoms with van der Waals surface area (Å²) in [6.07, 6.45) is 0.822. The van der Waals surface area contributed by atoms with Crippen molar-refractivity contribution in [3.05, 3.63) is 59.7 Å². The molecular formula is C29H44O10. The van der Waals surface area contributed by atoms with E-state index in [0.717, 1.165) is 17.9 Å². The predicted octanol–water partition coefficient (Wildman–Crippen LogP) is 2.12. The van der Waals surface area contributed by atoms with E-state index in [-0.39, 0.29) is 13.2 Å².